The fourth-order valence-electron chi connectivity index (χ4n) is 4.19. The molecule has 0 aromatic rings. The number of primary amides is 1. The average molecular weight is 527 g/mol. The highest BCUT2D eigenvalue weighted by molar-refractivity contribution is 5.94. The number of rotatable bonds is 15. The minimum absolute atomic E-state index is 0.0692. The van der Waals surface area contributed by atoms with E-state index in [1.165, 1.54) is 12.0 Å². The van der Waals surface area contributed by atoms with Gasteiger partial charge < -0.3 is 36.6 Å². The summed E-state index contributed by atoms with van der Waals surface area (Å²) >= 11 is 0. The zero-order chi connectivity index (χ0) is 28.0. The summed E-state index contributed by atoms with van der Waals surface area (Å²) in [7, 11) is 1.46. The molecule has 1 aliphatic rings. The van der Waals surface area contributed by atoms with Gasteiger partial charge in [0.05, 0.1) is 26.2 Å². The normalized spacial score (nSPS) is 15.6. The van der Waals surface area contributed by atoms with E-state index in [0.717, 1.165) is 32.1 Å². The van der Waals surface area contributed by atoms with Crippen LogP contribution in [0, 0.1) is 11.3 Å². The van der Waals surface area contributed by atoms with Crippen molar-refractivity contribution in [1.29, 1.82) is 0 Å². The Hall–Kier alpha value is -3.22. The molecule has 0 radical (unpaired) electrons. The van der Waals surface area contributed by atoms with Gasteiger partial charge in [0.15, 0.2) is 0 Å². The first-order valence-electron chi connectivity index (χ1n) is 12.5. The first-order valence-corrected chi connectivity index (χ1v) is 12.5. The van der Waals surface area contributed by atoms with Gasteiger partial charge in [0.1, 0.15) is 12.1 Å². The Morgan fingerprint density at radius 3 is 2.22 bits per heavy atom. The molecule has 0 heterocycles. The van der Waals surface area contributed by atoms with E-state index in [-0.39, 0.29) is 38.7 Å². The maximum Gasteiger partial charge on any atom is 0.246 e. The lowest BCUT2D eigenvalue weighted by Gasteiger charge is -2.35. The number of nitrogens with zero attached hydrogens (tertiary/aromatic N) is 1. The van der Waals surface area contributed by atoms with E-state index in [9.17, 15) is 28.8 Å². The Morgan fingerprint density at radius 2 is 1.68 bits per heavy atom. The van der Waals surface area contributed by atoms with Crippen LogP contribution in [0.5, 0.6) is 0 Å². The van der Waals surface area contributed by atoms with Crippen molar-refractivity contribution in [3.8, 4) is 0 Å². The van der Waals surface area contributed by atoms with Gasteiger partial charge in [-0.1, -0.05) is 40.0 Å². The summed E-state index contributed by atoms with van der Waals surface area (Å²) in [6, 6.07) is -1.87. The van der Waals surface area contributed by atoms with Crippen LogP contribution in [0.25, 0.3) is 0 Å². The summed E-state index contributed by atoms with van der Waals surface area (Å²) in [5, 5.41) is 10.1. The van der Waals surface area contributed by atoms with E-state index in [4.69, 9.17) is 10.5 Å². The van der Waals surface area contributed by atoms with Gasteiger partial charge in [-0.05, 0) is 24.2 Å². The SMILES string of the molecule is COCCN(CC(=O)NC(C(=O)NCC(N)=O)C1CCCCC1)C(=O)[C@@H](NC(=O)CNC=O)C(C)(C)C. The number of hydrogen-bond donors (Lipinski definition) is 5. The van der Waals surface area contributed by atoms with Crippen molar-refractivity contribution in [2.24, 2.45) is 17.1 Å². The zero-order valence-electron chi connectivity index (χ0n) is 22.3. The molecular weight excluding hydrogens is 484 g/mol. The highest BCUT2D eigenvalue weighted by atomic mass is 16.5. The molecule has 13 heteroatoms. The van der Waals surface area contributed by atoms with Gasteiger partial charge in [-0.2, -0.15) is 0 Å². The molecular formula is C24H42N6O7. The van der Waals surface area contributed by atoms with Gasteiger partial charge in [-0.3, -0.25) is 28.8 Å². The topological polar surface area (TPSA) is 189 Å². The van der Waals surface area contributed by atoms with E-state index < -0.39 is 47.0 Å². The fourth-order valence-corrected chi connectivity index (χ4v) is 4.19. The monoisotopic (exact) mass is 526 g/mol. The van der Waals surface area contributed by atoms with Crippen LogP contribution in [-0.4, -0.2) is 92.8 Å². The molecule has 210 valence electrons. The summed E-state index contributed by atoms with van der Waals surface area (Å²) < 4.78 is 5.10. The first kappa shape index (κ1) is 31.8. The van der Waals surface area contributed by atoms with Crippen LogP contribution in [0.3, 0.4) is 0 Å². The second kappa shape index (κ2) is 15.8. The average Bonchev–Trinajstić information content (AvgIpc) is 2.84. The number of carbonyl (C=O) groups excluding carboxylic acids is 6. The molecule has 0 spiro atoms. The smallest absolute Gasteiger partial charge is 0.246 e. The lowest BCUT2D eigenvalue weighted by Crippen LogP contribution is -2.59. The second-order valence-corrected chi connectivity index (χ2v) is 10.2. The maximum absolute atomic E-state index is 13.5. The van der Waals surface area contributed by atoms with Crippen molar-refractivity contribution in [3.05, 3.63) is 0 Å². The second-order valence-electron chi connectivity index (χ2n) is 10.2. The summed E-state index contributed by atoms with van der Waals surface area (Å²) in [5.74, 6) is -2.93. The van der Waals surface area contributed by atoms with Crippen molar-refractivity contribution in [2.75, 3.05) is 39.9 Å². The molecule has 37 heavy (non-hydrogen) atoms. The Kier molecular flexibility index (Phi) is 13.6. The van der Waals surface area contributed by atoms with E-state index in [1.807, 2.05) is 0 Å². The number of hydrogen-bond acceptors (Lipinski definition) is 7. The minimum atomic E-state index is -0.994. The van der Waals surface area contributed by atoms with Gasteiger partial charge in [0.25, 0.3) is 0 Å². The number of methoxy groups -OCH3 is 1. The third-order valence-electron chi connectivity index (χ3n) is 6.13. The van der Waals surface area contributed by atoms with Crippen molar-refractivity contribution in [1.82, 2.24) is 26.2 Å². The van der Waals surface area contributed by atoms with Crippen molar-refractivity contribution in [3.63, 3.8) is 0 Å². The first-order chi connectivity index (χ1) is 17.4. The van der Waals surface area contributed by atoms with Gasteiger partial charge in [0, 0.05) is 13.7 Å². The third kappa shape index (κ3) is 11.6. The van der Waals surface area contributed by atoms with E-state index in [0.29, 0.717) is 6.41 Å². The predicted octanol–water partition coefficient (Wildman–Crippen LogP) is -1.60. The van der Waals surface area contributed by atoms with Crippen LogP contribution in [0.1, 0.15) is 52.9 Å². The van der Waals surface area contributed by atoms with Crippen molar-refractivity contribution in [2.45, 2.75) is 65.0 Å². The zero-order valence-corrected chi connectivity index (χ0v) is 22.3. The molecule has 1 rings (SSSR count). The van der Waals surface area contributed by atoms with Crippen LogP contribution < -0.4 is 27.0 Å². The molecule has 2 atom stereocenters. The van der Waals surface area contributed by atoms with Crippen LogP contribution in [0.15, 0.2) is 0 Å². The summed E-state index contributed by atoms with van der Waals surface area (Å²) in [6.07, 6.45) is 4.75. The number of nitrogens with two attached hydrogens (primary N) is 1. The Bertz CT molecular complexity index is 808. The van der Waals surface area contributed by atoms with E-state index >= 15 is 0 Å². The lowest BCUT2D eigenvalue weighted by molar-refractivity contribution is -0.143. The molecule has 0 aromatic carbocycles. The number of ether oxygens (including phenoxy) is 1. The Labute approximate surface area is 218 Å². The van der Waals surface area contributed by atoms with E-state index in [1.54, 1.807) is 20.8 Å². The van der Waals surface area contributed by atoms with Crippen molar-refractivity contribution >= 4 is 35.9 Å². The molecule has 1 aliphatic carbocycles. The molecule has 1 saturated carbocycles. The molecule has 1 unspecified atom stereocenters. The quantitative estimate of drug-likeness (QED) is 0.159. The third-order valence-corrected chi connectivity index (χ3v) is 6.13. The van der Waals surface area contributed by atoms with Gasteiger partial charge in [-0.15, -0.1) is 0 Å². The molecule has 0 bridgehead atoms. The largest absolute Gasteiger partial charge is 0.383 e. The predicted molar refractivity (Wildman–Crippen MR) is 135 cm³/mol. The molecule has 0 aliphatic heterocycles. The summed E-state index contributed by atoms with van der Waals surface area (Å²) in [5.41, 5.74) is 4.43. The maximum atomic E-state index is 13.5. The van der Waals surface area contributed by atoms with Crippen LogP contribution in [-0.2, 0) is 33.5 Å². The van der Waals surface area contributed by atoms with Crippen LogP contribution >= 0.6 is 0 Å². The molecule has 6 N–H and O–H groups in total. The Morgan fingerprint density at radius 1 is 1.03 bits per heavy atom. The highest BCUT2D eigenvalue weighted by Gasteiger charge is 2.37. The number of amides is 6. The van der Waals surface area contributed by atoms with Gasteiger partial charge >= 0.3 is 0 Å². The molecule has 0 aromatic heterocycles. The minimum Gasteiger partial charge on any atom is -0.383 e. The van der Waals surface area contributed by atoms with E-state index in [2.05, 4.69) is 21.3 Å². The molecule has 0 saturated heterocycles. The lowest BCUT2D eigenvalue weighted by atomic mass is 9.83. The number of carbonyl (C=O) groups is 6. The summed E-state index contributed by atoms with van der Waals surface area (Å²) in [4.78, 5) is 74.6. The molecule has 6 amide bonds. The van der Waals surface area contributed by atoms with Crippen LogP contribution in [0.4, 0.5) is 0 Å². The molecule has 1 fully saturated rings. The number of nitrogens with one attached hydrogen (secondary N) is 4. The van der Waals surface area contributed by atoms with Crippen molar-refractivity contribution < 1.29 is 33.5 Å². The molecule has 13 nitrogen and oxygen atoms in total. The van der Waals surface area contributed by atoms with Gasteiger partial charge in [0.2, 0.25) is 35.9 Å². The van der Waals surface area contributed by atoms with Gasteiger partial charge in [-0.25, -0.2) is 0 Å². The van der Waals surface area contributed by atoms with Crippen LogP contribution in [0.2, 0.25) is 0 Å². The summed E-state index contributed by atoms with van der Waals surface area (Å²) in [6.45, 7) is 4.48. The Balaban J connectivity index is 3.05. The fraction of sp³-hybridized carbons (Fsp3) is 0.750. The standard InChI is InChI=1S/C24H42N6O7/c1-24(2,3)21(29-18(33)13-26-15-31)23(36)30(10-11-37-4)14-19(34)28-20(16-8-6-5-7-9-16)22(35)27-12-17(25)32/h15-16,20-21H,5-14H2,1-4H3,(H2,25,32)(H,26,31)(H,27,35)(H,28,34)(H,29,33)/t20?,21-/m1/s1. The highest BCUT2D eigenvalue weighted by Crippen LogP contribution is 2.27.